The van der Waals surface area contributed by atoms with Crippen LogP contribution in [-0.2, 0) is 7.05 Å². The van der Waals surface area contributed by atoms with E-state index in [0.29, 0.717) is 0 Å². The molecule has 0 bridgehead atoms. The molecule has 2 rings (SSSR count). The van der Waals surface area contributed by atoms with Crippen LogP contribution in [0.3, 0.4) is 0 Å². The van der Waals surface area contributed by atoms with E-state index in [9.17, 15) is 0 Å². The van der Waals surface area contributed by atoms with Crippen molar-refractivity contribution in [2.75, 3.05) is 0 Å². The molecule has 0 saturated heterocycles. The van der Waals surface area contributed by atoms with Crippen molar-refractivity contribution in [1.82, 2.24) is 14.8 Å². The molecular formula is C5H7N3S. The number of aromatic nitrogens is 3. The summed E-state index contributed by atoms with van der Waals surface area (Å²) in [5, 5.41) is 4.16. The molecule has 0 aliphatic heterocycles. The van der Waals surface area contributed by atoms with Gasteiger partial charge in [0, 0.05) is 7.05 Å². The summed E-state index contributed by atoms with van der Waals surface area (Å²) in [5.41, 5.74) is 1.03. The minimum absolute atomic E-state index is 1.03. The molecule has 2 aromatic rings. The van der Waals surface area contributed by atoms with E-state index < -0.39 is 0 Å². The van der Waals surface area contributed by atoms with Gasteiger partial charge in [0.2, 0.25) is 0 Å². The van der Waals surface area contributed by atoms with Crippen LogP contribution in [0, 0.1) is 6.92 Å². The van der Waals surface area contributed by atoms with Crippen LogP contribution in [0.25, 0.3) is 10.5 Å². The summed E-state index contributed by atoms with van der Waals surface area (Å²) >= 11 is 1.72. The number of nitrogens with zero attached hydrogens (tertiary/aromatic N) is 2. The molecule has 2 heterocycles. The number of hydrogen-bond donors (Lipinski definition) is 1. The fourth-order valence-corrected chi connectivity index (χ4v) is 1.66. The van der Waals surface area contributed by atoms with Gasteiger partial charge in [-0.2, -0.15) is 0 Å². The van der Waals surface area contributed by atoms with Crippen LogP contribution < -0.4 is 0 Å². The first-order valence-electron chi connectivity index (χ1n) is 2.75. The Morgan fingerprint density at radius 2 is 2.44 bits per heavy atom. The van der Waals surface area contributed by atoms with Crippen LogP contribution in [0.1, 0.15) is 5.01 Å². The van der Waals surface area contributed by atoms with Crippen molar-refractivity contribution in [3.63, 3.8) is 0 Å². The van der Waals surface area contributed by atoms with Gasteiger partial charge in [-0.3, -0.25) is 9.78 Å². The van der Waals surface area contributed by atoms with Crippen LogP contribution in [-0.4, -0.2) is 14.8 Å². The van der Waals surface area contributed by atoms with Gasteiger partial charge in [-0.05, 0) is 6.92 Å². The lowest BCUT2D eigenvalue weighted by Crippen LogP contribution is -2.01. The van der Waals surface area contributed by atoms with Crippen molar-refractivity contribution in [1.29, 1.82) is 0 Å². The molecule has 0 saturated carbocycles. The normalized spacial score (nSPS) is 11.3. The number of thiazole rings is 1. The summed E-state index contributed by atoms with van der Waals surface area (Å²) in [7, 11) is 1.99. The molecule has 0 fully saturated rings. The van der Waals surface area contributed by atoms with Crippen molar-refractivity contribution in [3.05, 3.63) is 5.01 Å². The van der Waals surface area contributed by atoms with Gasteiger partial charge in [0.1, 0.15) is 0 Å². The van der Waals surface area contributed by atoms with Gasteiger partial charge in [-0.25, -0.2) is 4.98 Å². The first kappa shape index (κ1) is 5.05. The molecule has 0 amide bonds. The fourth-order valence-electron chi connectivity index (χ4n) is 0.873. The highest BCUT2D eigenvalue weighted by molar-refractivity contribution is 7.18. The van der Waals surface area contributed by atoms with Gasteiger partial charge in [-0.15, -0.1) is 0 Å². The van der Waals surface area contributed by atoms with E-state index >= 15 is 0 Å². The molecule has 1 N–H and O–H groups in total. The molecule has 0 radical (unpaired) electrons. The Bertz CT molecular complexity index is 327. The topological polar surface area (TPSA) is 33.6 Å². The van der Waals surface area contributed by atoms with Crippen molar-refractivity contribution >= 4 is 21.8 Å². The molecule has 0 spiro atoms. The predicted octanol–water partition coefficient (Wildman–Crippen LogP) is 1.27. The Balaban J connectivity index is 2.80. The van der Waals surface area contributed by atoms with Gasteiger partial charge in [0.05, 0.1) is 5.01 Å². The van der Waals surface area contributed by atoms with E-state index in [4.69, 9.17) is 0 Å². The Kier molecular flexibility index (Phi) is 0.778. The Labute approximate surface area is 56.3 Å². The highest BCUT2D eigenvalue weighted by Crippen LogP contribution is 2.20. The molecule has 2 aromatic heterocycles. The van der Waals surface area contributed by atoms with Crippen molar-refractivity contribution in [2.45, 2.75) is 6.92 Å². The van der Waals surface area contributed by atoms with Gasteiger partial charge in [-0.1, -0.05) is 11.3 Å². The molecule has 9 heavy (non-hydrogen) atoms. The zero-order valence-electron chi connectivity index (χ0n) is 5.30. The van der Waals surface area contributed by atoms with Crippen LogP contribution >= 0.6 is 11.3 Å². The second-order valence-electron chi connectivity index (χ2n) is 2.06. The van der Waals surface area contributed by atoms with E-state index in [1.807, 2.05) is 18.7 Å². The van der Waals surface area contributed by atoms with Crippen LogP contribution in [0.5, 0.6) is 0 Å². The van der Waals surface area contributed by atoms with Crippen LogP contribution in [0.15, 0.2) is 0 Å². The third kappa shape index (κ3) is 0.535. The predicted molar refractivity (Wildman–Crippen MR) is 37.7 cm³/mol. The second kappa shape index (κ2) is 1.39. The molecule has 0 unspecified atom stereocenters. The van der Waals surface area contributed by atoms with E-state index in [1.54, 1.807) is 11.3 Å². The van der Waals surface area contributed by atoms with Crippen molar-refractivity contribution in [2.24, 2.45) is 7.05 Å². The second-order valence-corrected chi connectivity index (χ2v) is 3.24. The maximum Gasteiger partial charge on any atom is 0.182 e. The van der Waals surface area contributed by atoms with Crippen molar-refractivity contribution in [3.8, 4) is 0 Å². The average Bonchev–Trinajstić information content (AvgIpc) is 2.08. The van der Waals surface area contributed by atoms with Gasteiger partial charge < -0.3 is 0 Å². The zero-order valence-corrected chi connectivity index (χ0v) is 6.12. The highest BCUT2D eigenvalue weighted by atomic mass is 32.1. The number of H-pyrrole nitrogens is 1. The number of nitrogens with one attached hydrogen (secondary N) is 1. The largest absolute Gasteiger partial charge is 0.278 e. The monoisotopic (exact) mass is 141 g/mol. The molecule has 0 aliphatic rings. The average molecular weight is 141 g/mol. The highest BCUT2D eigenvalue weighted by Gasteiger charge is 2.05. The zero-order chi connectivity index (χ0) is 6.43. The maximum absolute atomic E-state index is 4.21. The van der Waals surface area contributed by atoms with E-state index in [0.717, 1.165) is 10.7 Å². The fraction of sp³-hybridized carbons (Fsp3) is 0.400. The lowest BCUT2D eigenvalue weighted by Gasteiger charge is -2.02. The summed E-state index contributed by atoms with van der Waals surface area (Å²) in [6.45, 7) is 2.01. The van der Waals surface area contributed by atoms with E-state index in [-0.39, 0.29) is 0 Å². The van der Waals surface area contributed by atoms with Gasteiger partial charge >= 0.3 is 0 Å². The van der Waals surface area contributed by atoms with Gasteiger partial charge in [0.15, 0.2) is 10.5 Å². The van der Waals surface area contributed by atoms with Crippen LogP contribution in [0.2, 0.25) is 0 Å². The molecular weight excluding hydrogens is 134 g/mol. The summed E-state index contributed by atoms with van der Waals surface area (Å²) in [6, 6.07) is 0. The Hall–Kier alpha value is -0.770. The number of aromatic amines is 1. The lowest BCUT2D eigenvalue weighted by molar-refractivity contribution is 0.763. The Morgan fingerprint density at radius 1 is 1.67 bits per heavy atom. The van der Waals surface area contributed by atoms with Gasteiger partial charge in [0.25, 0.3) is 0 Å². The lowest BCUT2D eigenvalue weighted by atomic mass is 10.7. The maximum atomic E-state index is 4.21. The molecule has 48 valence electrons. The molecule has 0 atom stereocenters. The third-order valence-electron chi connectivity index (χ3n) is 1.29. The number of hydrogen-bond acceptors (Lipinski definition) is 2. The number of rotatable bonds is 0. The Morgan fingerprint density at radius 3 is 2.89 bits per heavy atom. The summed E-state index contributed by atoms with van der Waals surface area (Å²) in [5.74, 6) is 0. The summed E-state index contributed by atoms with van der Waals surface area (Å²) < 4.78 is 1.97. The smallest absolute Gasteiger partial charge is 0.182 e. The SMILES string of the molecule is Cc1nc2[nH]n(C)c2s1. The molecule has 0 aromatic carbocycles. The quantitative estimate of drug-likeness (QED) is 0.589. The third-order valence-corrected chi connectivity index (χ3v) is 2.34. The molecule has 4 heteroatoms. The van der Waals surface area contributed by atoms with E-state index in [1.165, 1.54) is 4.83 Å². The standard InChI is InChI=1S/C5H7N3S/c1-3-6-4-5(9-3)8(2)7-4/h7H,1-2H3. The van der Waals surface area contributed by atoms with Crippen LogP contribution in [0.4, 0.5) is 0 Å². The van der Waals surface area contributed by atoms with Crippen molar-refractivity contribution < 1.29 is 0 Å². The number of fused-ring (bicyclic) bond motifs is 1. The summed E-state index contributed by atoms with van der Waals surface area (Å²) in [6.07, 6.45) is 0. The molecule has 0 aliphatic carbocycles. The van der Waals surface area contributed by atoms with E-state index in [2.05, 4.69) is 10.1 Å². The molecule has 3 nitrogen and oxygen atoms in total. The minimum atomic E-state index is 1.03. The minimum Gasteiger partial charge on any atom is -0.278 e. The first-order valence-corrected chi connectivity index (χ1v) is 3.57. The first-order chi connectivity index (χ1) is 4.27. The number of aryl methyl sites for hydroxylation is 2. The summed E-state index contributed by atoms with van der Waals surface area (Å²) in [4.78, 5) is 5.46.